The number of hydrogen-bond acceptors (Lipinski definition) is 2. The van der Waals surface area contributed by atoms with Crippen LogP contribution in [0.5, 0.6) is 5.75 Å². The van der Waals surface area contributed by atoms with Crippen molar-refractivity contribution in [3.8, 4) is 5.75 Å². The van der Waals surface area contributed by atoms with Crippen molar-refractivity contribution in [2.45, 2.75) is 130 Å². The van der Waals surface area contributed by atoms with Crippen LogP contribution in [0, 0.1) is 5.92 Å². The number of hydrogen-bond donors (Lipinski definition) is 2. The molecule has 178 valence electrons. The average molecular weight is 433 g/mol. The molecule has 0 aliphatic carbocycles. The van der Waals surface area contributed by atoms with Crippen LogP contribution in [-0.2, 0) is 22.0 Å². The third-order valence-electron chi connectivity index (χ3n) is 6.27. The SMILES string of the molecule is CCCCCCCCCCCC(Cc1cc(C(C)(C)C)c(O)c(C(C)(C)C)c1)C(=O)O. The minimum Gasteiger partial charge on any atom is -0.507 e. The summed E-state index contributed by atoms with van der Waals surface area (Å²) in [5, 5.41) is 20.7. The molecule has 0 radical (unpaired) electrons. The smallest absolute Gasteiger partial charge is 0.306 e. The molecule has 2 N–H and O–H groups in total. The first kappa shape index (κ1) is 27.5. The minimum atomic E-state index is -0.706. The molecule has 0 saturated heterocycles. The van der Waals surface area contributed by atoms with Gasteiger partial charge in [-0.2, -0.15) is 0 Å². The van der Waals surface area contributed by atoms with Crippen molar-refractivity contribution in [2.75, 3.05) is 0 Å². The zero-order valence-corrected chi connectivity index (χ0v) is 21.3. The predicted octanol–water partition coefficient (Wildman–Crippen LogP) is 8.15. The molecule has 0 aromatic heterocycles. The normalized spacial score (nSPS) is 13.4. The third-order valence-corrected chi connectivity index (χ3v) is 6.27. The molecule has 0 aliphatic rings. The monoisotopic (exact) mass is 432 g/mol. The van der Waals surface area contributed by atoms with Crippen LogP contribution in [0.15, 0.2) is 12.1 Å². The molecule has 0 spiro atoms. The lowest BCUT2D eigenvalue weighted by Gasteiger charge is -2.28. The number of rotatable bonds is 13. The zero-order chi connectivity index (χ0) is 23.7. The summed E-state index contributed by atoms with van der Waals surface area (Å²) in [5.74, 6) is -0.716. The fourth-order valence-corrected chi connectivity index (χ4v) is 4.25. The van der Waals surface area contributed by atoms with E-state index in [-0.39, 0.29) is 16.7 Å². The molecule has 3 heteroatoms. The van der Waals surface area contributed by atoms with Gasteiger partial charge in [-0.1, -0.05) is 118 Å². The van der Waals surface area contributed by atoms with E-state index in [0.29, 0.717) is 12.2 Å². The van der Waals surface area contributed by atoms with Gasteiger partial charge >= 0.3 is 5.97 Å². The van der Waals surface area contributed by atoms with Gasteiger partial charge in [0.15, 0.2) is 0 Å². The Kier molecular flexibility index (Phi) is 11.1. The van der Waals surface area contributed by atoms with Crippen molar-refractivity contribution >= 4 is 5.97 Å². The van der Waals surface area contributed by atoms with E-state index in [1.54, 1.807) is 0 Å². The summed E-state index contributed by atoms with van der Waals surface area (Å²) in [4.78, 5) is 12.0. The molecule has 31 heavy (non-hydrogen) atoms. The summed E-state index contributed by atoms with van der Waals surface area (Å²) in [5.41, 5.74) is 2.44. The van der Waals surface area contributed by atoms with Gasteiger partial charge in [0.2, 0.25) is 0 Å². The molecule has 1 rings (SSSR count). The standard InChI is InChI=1S/C28H48O3/c1-8-9-10-11-12-13-14-15-16-17-22(26(30)31)18-21-19-23(27(2,3)4)25(29)24(20-21)28(5,6)7/h19-20,22,29H,8-18H2,1-7H3,(H,30,31). The van der Waals surface area contributed by atoms with E-state index in [0.717, 1.165) is 36.0 Å². The van der Waals surface area contributed by atoms with E-state index in [2.05, 4.69) is 48.5 Å². The number of phenolic OH excluding ortho intramolecular Hbond substituents is 1. The van der Waals surface area contributed by atoms with Crippen LogP contribution in [0.3, 0.4) is 0 Å². The quantitative estimate of drug-likeness (QED) is 0.309. The van der Waals surface area contributed by atoms with Crippen LogP contribution >= 0.6 is 0 Å². The molecule has 0 bridgehead atoms. The third kappa shape index (κ3) is 9.66. The predicted molar refractivity (Wildman–Crippen MR) is 132 cm³/mol. The van der Waals surface area contributed by atoms with Crippen LogP contribution in [0.4, 0.5) is 0 Å². The largest absolute Gasteiger partial charge is 0.507 e. The van der Waals surface area contributed by atoms with Gasteiger partial charge in [0.25, 0.3) is 0 Å². The maximum absolute atomic E-state index is 12.0. The maximum atomic E-state index is 12.0. The van der Waals surface area contributed by atoms with Crippen molar-refractivity contribution in [3.63, 3.8) is 0 Å². The van der Waals surface area contributed by atoms with Gasteiger partial charge in [-0.25, -0.2) is 0 Å². The summed E-state index contributed by atoms with van der Waals surface area (Å²) >= 11 is 0. The number of unbranched alkanes of at least 4 members (excludes halogenated alkanes) is 8. The zero-order valence-electron chi connectivity index (χ0n) is 21.3. The molecule has 1 aromatic carbocycles. The van der Waals surface area contributed by atoms with Gasteiger partial charge in [-0.15, -0.1) is 0 Å². The van der Waals surface area contributed by atoms with Crippen molar-refractivity contribution in [1.82, 2.24) is 0 Å². The summed E-state index contributed by atoms with van der Waals surface area (Å²) < 4.78 is 0. The van der Waals surface area contributed by atoms with E-state index >= 15 is 0 Å². The molecule has 0 heterocycles. The molecule has 1 aromatic rings. The lowest BCUT2D eigenvalue weighted by atomic mass is 9.77. The van der Waals surface area contributed by atoms with Crippen molar-refractivity contribution < 1.29 is 15.0 Å². The second-order valence-electron chi connectivity index (χ2n) is 11.4. The molecular weight excluding hydrogens is 384 g/mol. The fraction of sp³-hybridized carbons (Fsp3) is 0.750. The first-order valence-electron chi connectivity index (χ1n) is 12.5. The van der Waals surface area contributed by atoms with E-state index in [1.165, 1.54) is 44.9 Å². The molecular formula is C28H48O3. The van der Waals surface area contributed by atoms with E-state index in [4.69, 9.17) is 0 Å². The highest BCUT2D eigenvalue weighted by atomic mass is 16.4. The second kappa shape index (κ2) is 12.5. The first-order chi connectivity index (χ1) is 14.4. The Morgan fingerprint density at radius 3 is 1.61 bits per heavy atom. The Balaban J connectivity index is 2.77. The molecule has 1 atom stereocenters. The Morgan fingerprint density at radius 2 is 1.23 bits per heavy atom. The van der Waals surface area contributed by atoms with Crippen LogP contribution in [0.25, 0.3) is 0 Å². The van der Waals surface area contributed by atoms with E-state index in [1.807, 2.05) is 12.1 Å². The maximum Gasteiger partial charge on any atom is 0.306 e. The molecule has 0 saturated carbocycles. The number of aliphatic carboxylic acids is 1. The Hall–Kier alpha value is -1.51. The molecule has 1 unspecified atom stereocenters. The Bertz CT molecular complexity index is 641. The Labute approximate surface area is 191 Å². The van der Waals surface area contributed by atoms with Gasteiger partial charge in [0.05, 0.1) is 5.92 Å². The summed E-state index contributed by atoms with van der Waals surface area (Å²) in [6.07, 6.45) is 12.4. The van der Waals surface area contributed by atoms with Gasteiger partial charge in [0.1, 0.15) is 5.75 Å². The van der Waals surface area contributed by atoms with Gasteiger partial charge < -0.3 is 10.2 Å². The fourth-order valence-electron chi connectivity index (χ4n) is 4.25. The van der Waals surface area contributed by atoms with Crippen LogP contribution in [0.1, 0.15) is 129 Å². The summed E-state index contributed by atoms with van der Waals surface area (Å²) in [7, 11) is 0. The summed E-state index contributed by atoms with van der Waals surface area (Å²) in [6, 6.07) is 4.05. The molecule has 0 aliphatic heterocycles. The lowest BCUT2D eigenvalue weighted by Crippen LogP contribution is -2.20. The van der Waals surface area contributed by atoms with E-state index in [9.17, 15) is 15.0 Å². The van der Waals surface area contributed by atoms with Crippen LogP contribution < -0.4 is 0 Å². The molecule has 3 nitrogen and oxygen atoms in total. The highest BCUT2D eigenvalue weighted by Crippen LogP contribution is 2.40. The highest BCUT2D eigenvalue weighted by Gasteiger charge is 2.28. The topological polar surface area (TPSA) is 57.5 Å². The number of carbonyl (C=O) groups is 1. The van der Waals surface area contributed by atoms with Crippen molar-refractivity contribution in [2.24, 2.45) is 5.92 Å². The van der Waals surface area contributed by atoms with Crippen molar-refractivity contribution in [1.29, 1.82) is 0 Å². The number of carboxylic acids is 1. The first-order valence-corrected chi connectivity index (χ1v) is 12.5. The van der Waals surface area contributed by atoms with Gasteiger partial charge in [-0.3, -0.25) is 4.79 Å². The Morgan fingerprint density at radius 1 is 0.806 bits per heavy atom. The highest BCUT2D eigenvalue weighted by molar-refractivity contribution is 5.70. The van der Waals surface area contributed by atoms with E-state index < -0.39 is 5.97 Å². The van der Waals surface area contributed by atoms with Crippen LogP contribution in [0.2, 0.25) is 0 Å². The van der Waals surface area contributed by atoms with Gasteiger partial charge in [0, 0.05) is 0 Å². The number of phenols is 1. The second-order valence-corrected chi connectivity index (χ2v) is 11.4. The minimum absolute atomic E-state index is 0.198. The number of carboxylic acid groups (broad SMARTS) is 1. The number of benzene rings is 1. The molecule has 0 fully saturated rings. The molecule has 0 amide bonds. The number of aromatic hydroxyl groups is 1. The average Bonchev–Trinajstić information content (AvgIpc) is 2.64. The summed E-state index contributed by atoms with van der Waals surface area (Å²) in [6.45, 7) is 14.8. The lowest BCUT2D eigenvalue weighted by molar-refractivity contribution is -0.142. The van der Waals surface area contributed by atoms with Crippen molar-refractivity contribution in [3.05, 3.63) is 28.8 Å². The van der Waals surface area contributed by atoms with Crippen LogP contribution in [-0.4, -0.2) is 16.2 Å². The van der Waals surface area contributed by atoms with Gasteiger partial charge in [-0.05, 0) is 40.4 Å².